The third kappa shape index (κ3) is 4.62. The number of aromatic amines is 1. The number of aliphatic carboxylic acids is 1. The Hall–Kier alpha value is -2.30. The van der Waals surface area contributed by atoms with E-state index in [-0.39, 0.29) is 0 Å². The summed E-state index contributed by atoms with van der Waals surface area (Å²) in [7, 11) is 0. The molecule has 1 aromatic heterocycles. The van der Waals surface area contributed by atoms with E-state index in [2.05, 4.69) is 10.2 Å². The lowest BCUT2D eigenvalue weighted by atomic mass is 9.94. The van der Waals surface area contributed by atoms with Gasteiger partial charge in [0.15, 0.2) is 0 Å². The highest BCUT2D eigenvalue weighted by Crippen LogP contribution is 2.22. The van der Waals surface area contributed by atoms with Crippen molar-refractivity contribution in [2.45, 2.75) is 12.8 Å². The number of carboxylic acids is 1. The lowest BCUT2D eigenvalue weighted by molar-refractivity contribution is -0.141. The first kappa shape index (κ1) is 17.5. The summed E-state index contributed by atoms with van der Waals surface area (Å²) in [6.07, 6.45) is 0.806. The van der Waals surface area contributed by atoms with Gasteiger partial charge < -0.3 is 5.11 Å². The maximum absolute atomic E-state index is 11.6. The van der Waals surface area contributed by atoms with Crippen molar-refractivity contribution < 1.29 is 9.90 Å². The van der Waals surface area contributed by atoms with Crippen molar-refractivity contribution >= 4 is 29.2 Å². The largest absolute Gasteiger partial charge is 0.481 e. The Kier molecular flexibility index (Phi) is 5.41. The zero-order valence-electron chi connectivity index (χ0n) is 13.2. The van der Waals surface area contributed by atoms with Crippen LogP contribution in [0.2, 0.25) is 10.0 Å². The quantitative estimate of drug-likeness (QED) is 0.646. The van der Waals surface area contributed by atoms with Gasteiger partial charge in [0.1, 0.15) is 0 Å². The summed E-state index contributed by atoms with van der Waals surface area (Å²) < 4.78 is 0. The van der Waals surface area contributed by atoms with Crippen molar-refractivity contribution in [1.82, 2.24) is 10.2 Å². The fourth-order valence-electron chi connectivity index (χ4n) is 2.65. The second-order valence-corrected chi connectivity index (χ2v) is 6.73. The first-order valence-electron chi connectivity index (χ1n) is 7.79. The maximum Gasteiger partial charge on any atom is 0.307 e. The van der Waals surface area contributed by atoms with Gasteiger partial charge in [-0.2, -0.15) is 5.10 Å². The summed E-state index contributed by atoms with van der Waals surface area (Å²) in [5.74, 6) is -1.38. The first-order chi connectivity index (χ1) is 12.0. The van der Waals surface area contributed by atoms with E-state index in [1.54, 1.807) is 24.3 Å². The van der Waals surface area contributed by atoms with Gasteiger partial charge in [-0.25, -0.2) is 0 Å². The number of nitrogens with zero attached hydrogens (tertiary/aromatic N) is 1. The van der Waals surface area contributed by atoms with Crippen LogP contribution in [0.3, 0.4) is 0 Å². The predicted molar refractivity (Wildman–Crippen MR) is 99.0 cm³/mol. The van der Waals surface area contributed by atoms with E-state index in [1.807, 2.05) is 30.3 Å². The molecule has 0 aliphatic heterocycles. The topological polar surface area (TPSA) is 66.0 Å². The highest BCUT2D eigenvalue weighted by atomic mass is 35.5. The number of rotatable bonds is 6. The van der Waals surface area contributed by atoms with Crippen LogP contribution in [0.15, 0.2) is 54.6 Å². The molecule has 0 radical (unpaired) electrons. The van der Waals surface area contributed by atoms with E-state index in [4.69, 9.17) is 23.2 Å². The number of benzene rings is 2. The SMILES string of the molecule is O=C(O)C(Cc1ccc(Cl)cc1)Cc1cc(-c2ccc(Cl)cc2)n[nH]1. The molecule has 4 nitrogen and oxygen atoms in total. The number of halogens is 2. The van der Waals surface area contributed by atoms with Crippen molar-refractivity contribution in [3.05, 3.63) is 75.9 Å². The standard InChI is InChI=1S/C19H16Cl2N2O2/c20-15-5-1-12(2-6-15)9-14(19(24)25)10-17-11-18(23-22-17)13-3-7-16(21)8-4-13/h1-8,11,14H,9-10H2,(H,22,23)(H,24,25). The minimum Gasteiger partial charge on any atom is -0.481 e. The molecule has 0 amide bonds. The second kappa shape index (κ2) is 7.72. The summed E-state index contributed by atoms with van der Waals surface area (Å²) in [6, 6.07) is 16.5. The summed E-state index contributed by atoms with van der Waals surface area (Å²) >= 11 is 11.8. The molecule has 0 aliphatic rings. The molecule has 0 saturated carbocycles. The lowest BCUT2D eigenvalue weighted by Gasteiger charge is -2.11. The third-order valence-corrected chi connectivity index (χ3v) is 4.49. The molecule has 2 N–H and O–H groups in total. The van der Waals surface area contributed by atoms with Gasteiger partial charge in [-0.15, -0.1) is 0 Å². The molecule has 1 unspecified atom stereocenters. The van der Waals surface area contributed by atoms with Gasteiger partial charge in [0.2, 0.25) is 0 Å². The van der Waals surface area contributed by atoms with Gasteiger partial charge in [0, 0.05) is 27.7 Å². The molecule has 0 aliphatic carbocycles. The maximum atomic E-state index is 11.6. The summed E-state index contributed by atoms with van der Waals surface area (Å²) in [5, 5.41) is 18.0. The fourth-order valence-corrected chi connectivity index (χ4v) is 2.90. The van der Waals surface area contributed by atoms with E-state index in [0.717, 1.165) is 22.5 Å². The summed E-state index contributed by atoms with van der Waals surface area (Å²) in [4.78, 5) is 11.6. The molecule has 0 spiro atoms. The molecule has 0 bridgehead atoms. The number of hydrogen-bond donors (Lipinski definition) is 2. The van der Waals surface area contributed by atoms with Crippen molar-refractivity contribution in [1.29, 1.82) is 0 Å². The lowest BCUT2D eigenvalue weighted by Crippen LogP contribution is -2.19. The minimum absolute atomic E-state index is 0.374. The van der Waals surface area contributed by atoms with E-state index in [1.165, 1.54) is 0 Å². The number of H-pyrrole nitrogens is 1. The molecule has 1 heterocycles. The van der Waals surface area contributed by atoms with Crippen LogP contribution in [0.5, 0.6) is 0 Å². The smallest absolute Gasteiger partial charge is 0.307 e. The van der Waals surface area contributed by atoms with Gasteiger partial charge in [-0.1, -0.05) is 47.5 Å². The van der Waals surface area contributed by atoms with Gasteiger partial charge in [-0.3, -0.25) is 9.89 Å². The number of carboxylic acid groups (broad SMARTS) is 1. The van der Waals surface area contributed by atoms with Crippen LogP contribution in [-0.2, 0) is 17.6 Å². The van der Waals surface area contributed by atoms with Crippen LogP contribution in [0.1, 0.15) is 11.3 Å². The van der Waals surface area contributed by atoms with E-state index in [9.17, 15) is 9.90 Å². The van der Waals surface area contributed by atoms with Crippen molar-refractivity contribution in [3.8, 4) is 11.3 Å². The molecular formula is C19H16Cl2N2O2. The van der Waals surface area contributed by atoms with Gasteiger partial charge >= 0.3 is 5.97 Å². The highest BCUT2D eigenvalue weighted by molar-refractivity contribution is 6.30. The van der Waals surface area contributed by atoms with Crippen LogP contribution in [0.25, 0.3) is 11.3 Å². The van der Waals surface area contributed by atoms with Crippen LogP contribution < -0.4 is 0 Å². The Balaban J connectivity index is 1.73. The Morgan fingerprint density at radius 3 is 2.20 bits per heavy atom. The molecule has 0 saturated heterocycles. The number of carbonyl (C=O) groups is 1. The molecule has 3 rings (SSSR count). The number of nitrogens with one attached hydrogen (secondary N) is 1. The van der Waals surface area contributed by atoms with Gasteiger partial charge in [0.05, 0.1) is 11.6 Å². The average Bonchev–Trinajstić information content (AvgIpc) is 3.05. The van der Waals surface area contributed by atoms with Crippen LogP contribution in [-0.4, -0.2) is 21.3 Å². The fraction of sp³-hybridized carbons (Fsp3) is 0.158. The molecule has 2 aromatic carbocycles. The molecule has 0 fully saturated rings. The van der Waals surface area contributed by atoms with E-state index < -0.39 is 11.9 Å². The number of hydrogen-bond acceptors (Lipinski definition) is 2. The van der Waals surface area contributed by atoms with E-state index >= 15 is 0 Å². The number of aromatic nitrogens is 2. The Morgan fingerprint density at radius 2 is 1.60 bits per heavy atom. The van der Waals surface area contributed by atoms with Gasteiger partial charge in [0.25, 0.3) is 0 Å². The van der Waals surface area contributed by atoms with Crippen LogP contribution >= 0.6 is 23.2 Å². The highest BCUT2D eigenvalue weighted by Gasteiger charge is 2.20. The first-order valence-corrected chi connectivity index (χ1v) is 8.54. The monoisotopic (exact) mass is 374 g/mol. The molecule has 3 aromatic rings. The molecule has 1 atom stereocenters. The van der Waals surface area contributed by atoms with E-state index in [0.29, 0.717) is 22.9 Å². The Morgan fingerprint density at radius 1 is 1.00 bits per heavy atom. The van der Waals surface area contributed by atoms with Crippen LogP contribution in [0, 0.1) is 5.92 Å². The van der Waals surface area contributed by atoms with Crippen molar-refractivity contribution in [3.63, 3.8) is 0 Å². The average molecular weight is 375 g/mol. The minimum atomic E-state index is -0.836. The van der Waals surface area contributed by atoms with Crippen molar-refractivity contribution in [2.24, 2.45) is 5.92 Å². The van der Waals surface area contributed by atoms with Crippen molar-refractivity contribution in [2.75, 3.05) is 0 Å². The molecule has 128 valence electrons. The zero-order chi connectivity index (χ0) is 17.8. The molecule has 25 heavy (non-hydrogen) atoms. The Labute approximate surface area is 155 Å². The Bertz CT molecular complexity index is 858. The second-order valence-electron chi connectivity index (χ2n) is 5.86. The summed E-state index contributed by atoms with van der Waals surface area (Å²) in [6.45, 7) is 0. The summed E-state index contributed by atoms with van der Waals surface area (Å²) in [5.41, 5.74) is 3.42. The predicted octanol–water partition coefficient (Wildman–Crippen LogP) is 4.87. The molecule has 6 heteroatoms. The third-order valence-electron chi connectivity index (χ3n) is 3.98. The zero-order valence-corrected chi connectivity index (χ0v) is 14.8. The van der Waals surface area contributed by atoms with Crippen LogP contribution in [0.4, 0.5) is 0 Å². The normalized spacial score (nSPS) is 12.1. The van der Waals surface area contributed by atoms with Gasteiger partial charge in [-0.05, 0) is 42.3 Å². The molecular weight excluding hydrogens is 359 g/mol.